The van der Waals surface area contributed by atoms with E-state index in [-0.39, 0.29) is 11.5 Å². The second kappa shape index (κ2) is 7.03. The van der Waals surface area contributed by atoms with Crippen molar-refractivity contribution >= 4 is 23.6 Å². The lowest BCUT2D eigenvalue weighted by Crippen LogP contribution is -2.14. The molecule has 0 unspecified atom stereocenters. The highest BCUT2D eigenvalue weighted by molar-refractivity contribution is 6.32. The lowest BCUT2D eigenvalue weighted by atomic mass is 10.1. The van der Waals surface area contributed by atoms with Gasteiger partial charge in [-0.1, -0.05) is 29.8 Å². The molecule has 0 aromatic heterocycles. The van der Waals surface area contributed by atoms with E-state index in [0.717, 1.165) is 5.56 Å². The Labute approximate surface area is 111 Å². The van der Waals surface area contributed by atoms with E-state index in [1.165, 1.54) is 7.11 Å². The normalized spacial score (nSPS) is 13.0. The smallest absolute Gasteiger partial charge is 0.308 e. The van der Waals surface area contributed by atoms with Crippen LogP contribution in [0.25, 0.3) is 6.08 Å². The van der Waals surface area contributed by atoms with Crippen LogP contribution in [0.15, 0.2) is 29.3 Å². The first-order valence-electron chi connectivity index (χ1n) is 5.33. The summed E-state index contributed by atoms with van der Waals surface area (Å²) in [6, 6.07) is 7.23. The van der Waals surface area contributed by atoms with Crippen LogP contribution >= 0.6 is 11.6 Å². The van der Waals surface area contributed by atoms with Crippen molar-refractivity contribution in [2.45, 2.75) is 12.5 Å². The molecular weight excluding hydrogens is 256 g/mol. The van der Waals surface area contributed by atoms with Crippen LogP contribution in [0.1, 0.15) is 12.0 Å². The van der Waals surface area contributed by atoms with Gasteiger partial charge in [-0.3, -0.25) is 4.79 Å². The van der Waals surface area contributed by atoms with E-state index in [4.69, 9.17) is 16.3 Å². The fourth-order valence-electron chi connectivity index (χ4n) is 1.37. The Morgan fingerprint density at radius 1 is 1.44 bits per heavy atom. The number of benzene rings is 1. The second-order valence-corrected chi connectivity index (χ2v) is 4.00. The lowest BCUT2D eigenvalue weighted by molar-refractivity contribution is -0.142. The summed E-state index contributed by atoms with van der Waals surface area (Å²) in [7, 11) is 2.80. The van der Waals surface area contributed by atoms with E-state index in [1.807, 2.05) is 12.1 Å². The van der Waals surface area contributed by atoms with Crippen LogP contribution in [0, 0.1) is 0 Å². The maximum Gasteiger partial charge on any atom is 0.308 e. The van der Waals surface area contributed by atoms with Crippen LogP contribution in [-0.2, 0) is 9.53 Å². The van der Waals surface area contributed by atoms with Gasteiger partial charge in [0.2, 0.25) is 0 Å². The third-order valence-electron chi connectivity index (χ3n) is 2.34. The second-order valence-electron chi connectivity index (χ2n) is 3.57. The molecule has 1 aromatic rings. The standard InChI is InChI=1S/C13H15ClO4/c1-17-12-6-4-3-5-9(12)7-10(14)11(15)8-13(16)18-2/h3-7,11,15H,8H2,1-2H3/b10-7-/t11-/m0/s1. The van der Waals surface area contributed by atoms with E-state index >= 15 is 0 Å². The van der Waals surface area contributed by atoms with Gasteiger partial charge >= 0.3 is 5.97 Å². The molecule has 1 N–H and O–H groups in total. The average molecular weight is 271 g/mol. The third kappa shape index (κ3) is 4.05. The zero-order valence-corrected chi connectivity index (χ0v) is 11.0. The highest BCUT2D eigenvalue weighted by Gasteiger charge is 2.14. The molecule has 1 atom stereocenters. The molecule has 4 nitrogen and oxygen atoms in total. The fourth-order valence-corrected chi connectivity index (χ4v) is 1.56. The monoisotopic (exact) mass is 270 g/mol. The number of rotatable bonds is 5. The average Bonchev–Trinajstić information content (AvgIpc) is 2.39. The van der Waals surface area contributed by atoms with Gasteiger partial charge in [-0.15, -0.1) is 0 Å². The molecule has 0 aliphatic heterocycles. The Bertz CT molecular complexity index is 442. The van der Waals surface area contributed by atoms with Gasteiger partial charge in [0.15, 0.2) is 0 Å². The Morgan fingerprint density at radius 3 is 2.72 bits per heavy atom. The minimum Gasteiger partial charge on any atom is -0.496 e. The molecule has 0 aliphatic carbocycles. The number of esters is 1. The van der Waals surface area contributed by atoms with Crippen LogP contribution in [0.5, 0.6) is 5.75 Å². The maximum atomic E-state index is 11.0. The topological polar surface area (TPSA) is 55.8 Å². The van der Waals surface area contributed by atoms with Crippen LogP contribution in [0.4, 0.5) is 0 Å². The first-order valence-corrected chi connectivity index (χ1v) is 5.71. The predicted molar refractivity (Wildman–Crippen MR) is 69.5 cm³/mol. The largest absolute Gasteiger partial charge is 0.496 e. The summed E-state index contributed by atoms with van der Waals surface area (Å²) < 4.78 is 9.61. The van der Waals surface area contributed by atoms with E-state index in [1.54, 1.807) is 25.3 Å². The molecule has 0 saturated carbocycles. The van der Waals surface area contributed by atoms with Gasteiger partial charge in [0.25, 0.3) is 0 Å². The zero-order valence-electron chi connectivity index (χ0n) is 10.2. The van der Waals surface area contributed by atoms with E-state index in [9.17, 15) is 9.90 Å². The Balaban J connectivity index is 2.84. The molecular formula is C13H15ClO4. The summed E-state index contributed by atoms with van der Waals surface area (Å²) in [5.41, 5.74) is 0.730. The van der Waals surface area contributed by atoms with Crippen molar-refractivity contribution in [1.82, 2.24) is 0 Å². The summed E-state index contributed by atoms with van der Waals surface area (Å²) in [5, 5.41) is 9.86. The van der Waals surface area contributed by atoms with Crippen molar-refractivity contribution in [3.8, 4) is 5.75 Å². The molecule has 1 rings (SSSR count). The van der Waals surface area contributed by atoms with E-state index < -0.39 is 12.1 Å². The minimum atomic E-state index is -1.08. The molecule has 0 bridgehead atoms. The van der Waals surface area contributed by atoms with Gasteiger partial charge in [-0.05, 0) is 12.1 Å². The molecule has 0 spiro atoms. The number of hydrogen-bond donors (Lipinski definition) is 1. The maximum absolute atomic E-state index is 11.0. The molecule has 0 aliphatic rings. The first kappa shape index (κ1) is 14.5. The molecule has 0 fully saturated rings. The number of para-hydroxylation sites is 1. The number of carbonyl (C=O) groups excluding carboxylic acids is 1. The Kier molecular flexibility index (Phi) is 5.68. The van der Waals surface area contributed by atoms with Crippen molar-refractivity contribution < 1.29 is 19.4 Å². The van der Waals surface area contributed by atoms with Gasteiger partial charge < -0.3 is 14.6 Å². The molecule has 0 radical (unpaired) electrons. The fraction of sp³-hybridized carbons (Fsp3) is 0.308. The molecule has 98 valence electrons. The number of hydrogen-bond acceptors (Lipinski definition) is 4. The van der Waals surface area contributed by atoms with Crippen molar-refractivity contribution in [3.05, 3.63) is 34.9 Å². The summed E-state index contributed by atoms with van der Waals surface area (Å²) in [4.78, 5) is 11.0. The SMILES string of the molecule is COC(=O)C[C@H](O)/C(Cl)=C/c1ccccc1OC. The van der Waals surface area contributed by atoms with Crippen LogP contribution in [0.2, 0.25) is 0 Å². The van der Waals surface area contributed by atoms with Crippen molar-refractivity contribution in [2.24, 2.45) is 0 Å². The number of ether oxygens (including phenoxy) is 2. The summed E-state index contributed by atoms with van der Waals surface area (Å²) in [6.45, 7) is 0. The summed E-state index contributed by atoms with van der Waals surface area (Å²) in [6.07, 6.45) is 0.304. The number of halogens is 1. The van der Waals surface area contributed by atoms with Crippen LogP contribution in [0.3, 0.4) is 0 Å². The van der Waals surface area contributed by atoms with Gasteiger partial charge in [-0.2, -0.15) is 0 Å². The molecule has 0 heterocycles. The van der Waals surface area contributed by atoms with Crippen molar-refractivity contribution in [2.75, 3.05) is 14.2 Å². The number of methoxy groups -OCH3 is 2. The predicted octanol–water partition coefficient (Wildman–Crippen LogP) is 2.20. The molecule has 0 amide bonds. The quantitative estimate of drug-likeness (QED) is 0.834. The highest BCUT2D eigenvalue weighted by atomic mass is 35.5. The van der Waals surface area contributed by atoms with E-state index in [0.29, 0.717) is 5.75 Å². The summed E-state index contributed by atoms with van der Waals surface area (Å²) in [5.74, 6) is 0.120. The third-order valence-corrected chi connectivity index (χ3v) is 2.70. The number of aliphatic hydroxyl groups excluding tert-OH is 1. The van der Waals surface area contributed by atoms with Gasteiger partial charge in [-0.25, -0.2) is 0 Å². The minimum absolute atomic E-state index is 0.157. The van der Waals surface area contributed by atoms with Crippen LogP contribution < -0.4 is 4.74 Å². The van der Waals surface area contributed by atoms with Crippen LogP contribution in [-0.4, -0.2) is 31.4 Å². The highest BCUT2D eigenvalue weighted by Crippen LogP contribution is 2.23. The van der Waals surface area contributed by atoms with Gasteiger partial charge in [0.05, 0.1) is 20.6 Å². The number of aliphatic hydroxyl groups is 1. The molecule has 5 heteroatoms. The molecule has 0 saturated heterocycles. The van der Waals surface area contributed by atoms with E-state index in [2.05, 4.69) is 4.74 Å². The Hall–Kier alpha value is -1.52. The Morgan fingerprint density at radius 2 is 2.11 bits per heavy atom. The number of carbonyl (C=O) groups is 1. The molecule has 18 heavy (non-hydrogen) atoms. The van der Waals surface area contributed by atoms with Gasteiger partial charge in [0, 0.05) is 10.6 Å². The zero-order chi connectivity index (χ0) is 13.5. The van der Waals surface area contributed by atoms with Crippen molar-refractivity contribution in [1.29, 1.82) is 0 Å². The lowest BCUT2D eigenvalue weighted by Gasteiger charge is -2.09. The van der Waals surface area contributed by atoms with Gasteiger partial charge in [0.1, 0.15) is 11.9 Å². The summed E-state index contributed by atoms with van der Waals surface area (Å²) >= 11 is 5.94. The molecule has 1 aromatic carbocycles. The first-order chi connectivity index (χ1) is 8.58. The van der Waals surface area contributed by atoms with Crippen molar-refractivity contribution in [3.63, 3.8) is 0 Å².